The molecule has 1 heterocycles. The van der Waals surface area contributed by atoms with Crippen LogP contribution in [-0.2, 0) is 23.1 Å². The van der Waals surface area contributed by atoms with Crippen LogP contribution in [0.3, 0.4) is 0 Å². The lowest BCUT2D eigenvalue weighted by Crippen LogP contribution is -2.33. The number of aromatic amines is 1. The van der Waals surface area contributed by atoms with Crippen molar-refractivity contribution in [1.29, 1.82) is 0 Å². The molecule has 0 aliphatic rings. The number of hydrogen-bond acceptors (Lipinski definition) is 4. The van der Waals surface area contributed by atoms with Crippen molar-refractivity contribution < 1.29 is 8.42 Å². The van der Waals surface area contributed by atoms with Crippen molar-refractivity contribution in [3.8, 4) is 11.3 Å². The van der Waals surface area contributed by atoms with Gasteiger partial charge < -0.3 is 5.32 Å². The fraction of sp³-hybridized carbons (Fsp3) is 0.286. The Morgan fingerprint density at radius 2 is 1.71 bits per heavy atom. The molecule has 0 atom stereocenters. The van der Waals surface area contributed by atoms with Gasteiger partial charge in [0.15, 0.2) is 0 Å². The minimum Gasteiger partial charge on any atom is -0.308 e. The topological polar surface area (TPSA) is 78.1 Å². The van der Waals surface area contributed by atoms with Crippen LogP contribution in [0, 0.1) is 0 Å². The third-order valence-corrected chi connectivity index (χ3v) is 6.80. The maximum atomic E-state index is 12.5. The van der Waals surface area contributed by atoms with E-state index in [9.17, 15) is 8.42 Å². The SMILES string of the molecule is CC(C)N(C)S(=O)(=O)c1ccc(CNCc2cn[nH]c2-c2ccccc2)cc1. The van der Waals surface area contributed by atoms with Crippen LogP contribution < -0.4 is 5.32 Å². The molecule has 1 aromatic heterocycles. The smallest absolute Gasteiger partial charge is 0.243 e. The van der Waals surface area contributed by atoms with Gasteiger partial charge in [-0.15, -0.1) is 0 Å². The monoisotopic (exact) mass is 398 g/mol. The second-order valence-electron chi connectivity index (χ2n) is 7.00. The molecule has 2 aromatic carbocycles. The fourth-order valence-corrected chi connectivity index (χ4v) is 4.23. The molecule has 0 saturated heterocycles. The normalized spacial score (nSPS) is 12.0. The van der Waals surface area contributed by atoms with E-state index in [4.69, 9.17) is 0 Å². The summed E-state index contributed by atoms with van der Waals surface area (Å²) in [7, 11) is -1.84. The van der Waals surface area contributed by atoms with Gasteiger partial charge in [0.2, 0.25) is 10.0 Å². The summed E-state index contributed by atoms with van der Waals surface area (Å²) in [6.45, 7) is 5.02. The molecule has 0 bridgehead atoms. The molecule has 0 saturated carbocycles. The standard InChI is InChI=1S/C21H26N4O2S/c1-16(2)25(3)28(26,27)20-11-9-17(10-12-20)13-22-14-19-15-23-24-21(19)18-7-5-4-6-8-18/h4-12,15-16,22H,13-14H2,1-3H3,(H,23,24). The average molecular weight is 399 g/mol. The van der Waals surface area contributed by atoms with Gasteiger partial charge in [0.1, 0.15) is 0 Å². The minimum atomic E-state index is -3.45. The summed E-state index contributed by atoms with van der Waals surface area (Å²) in [5.74, 6) is 0. The molecular formula is C21H26N4O2S. The number of benzene rings is 2. The number of sulfonamides is 1. The van der Waals surface area contributed by atoms with E-state index in [0.29, 0.717) is 18.0 Å². The third kappa shape index (κ3) is 4.49. The van der Waals surface area contributed by atoms with E-state index >= 15 is 0 Å². The summed E-state index contributed by atoms with van der Waals surface area (Å²) in [6.07, 6.45) is 1.83. The van der Waals surface area contributed by atoms with Gasteiger partial charge >= 0.3 is 0 Å². The van der Waals surface area contributed by atoms with Gasteiger partial charge in [0.25, 0.3) is 0 Å². The minimum absolute atomic E-state index is 0.0832. The van der Waals surface area contributed by atoms with E-state index in [1.807, 2.05) is 62.5 Å². The lowest BCUT2D eigenvalue weighted by Gasteiger charge is -2.21. The molecule has 0 spiro atoms. The molecule has 0 radical (unpaired) electrons. The number of nitrogens with one attached hydrogen (secondary N) is 2. The van der Waals surface area contributed by atoms with E-state index < -0.39 is 10.0 Å². The molecule has 7 heteroatoms. The molecular weight excluding hydrogens is 372 g/mol. The Kier molecular flexibility index (Phi) is 6.28. The highest BCUT2D eigenvalue weighted by atomic mass is 32.2. The summed E-state index contributed by atoms with van der Waals surface area (Å²) < 4.78 is 26.4. The van der Waals surface area contributed by atoms with Gasteiger partial charge in [0.05, 0.1) is 16.8 Å². The maximum absolute atomic E-state index is 12.5. The molecule has 3 rings (SSSR count). The largest absolute Gasteiger partial charge is 0.308 e. The van der Waals surface area contributed by atoms with E-state index in [0.717, 1.165) is 22.4 Å². The maximum Gasteiger partial charge on any atom is 0.243 e. The first-order chi connectivity index (χ1) is 13.4. The highest BCUT2D eigenvalue weighted by Crippen LogP contribution is 2.21. The molecule has 0 unspecified atom stereocenters. The Hall–Kier alpha value is -2.48. The number of H-pyrrole nitrogens is 1. The first-order valence-electron chi connectivity index (χ1n) is 9.25. The van der Waals surface area contributed by atoms with Gasteiger partial charge in [-0.2, -0.15) is 9.40 Å². The predicted octanol–water partition coefficient (Wildman–Crippen LogP) is 3.40. The summed E-state index contributed by atoms with van der Waals surface area (Å²) in [5, 5.41) is 10.6. The Morgan fingerprint density at radius 1 is 1.04 bits per heavy atom. The number of aromatic nitrogens is 2. The van der Waals surface area contributed by atoms with Gasteiger partial charge in [-0.3, -0.25) is 5.10 Å². The van der Waals surface area contributed by atoms with Crippen LogP contribution >= 0.6 is 0 Å². The Balaban J connectivity index is 1.62. The van der Waals surface area contributed by atoms with Crippen molar-refractivity contribution in [1.82, 2.24) is 19.8 Å². The van der Waals surface area contributed by atoms with E-state index in [1.54, 1.807) is 19.2 Å². The Bertz CT molecular complexity index is 996. The zero-order valence-corrected chi connectivity index (χ0v) is 17.2. The summed E-state index contributed by atoms with van der Waals surface area (Å²) in [6, 6.07) is 17.0. The predicted molar refractivity (Wildman–Crippen MR) is 111 cm³/mol. The van der Waals surface area contributed by atoms with Crippen LogP contribution in [0.15, 0.2) is 65.7 Å². The molecule has 6 nitrogen and oxygen atoms in total. The van der Waals surface area contributed by atoms with Crippen LogP contribution in [0.4, 0.5) is 0 Å². The number of nitrogens with zero attached hydrogens (tertiary/aromatic N) is 2. The van der Waals surface area contributed by atoms with Crippen LogP contribution in [-0.4, -0.2) is 36.0 Å². The first-order valence-corrected chi connectivity index (χ1v) is 10.7. The molecule has 0 amide bonds. The zero-order chi connectivity index (χ0) is 20.1. The van der Waals surface area contributed by atoms with E-state index in [-0.39, 0.29) is 6.04 Å². The lowest BCUT2D eigenvalue weighted by atomic mass is 10.1. The quantitative estimate of drug-likeness (QED) is 0.610. The van der Waals surface area contributed by atoms with Crippen molar-refractivity contribution in [2.75, 3.05) is 7.05 Å². The van der Waals surface area contributed by atoms with Gasteiger partial charge in [0, 0.05) is 31.7 Å². The fourth-order valence-electron chi connectivity index (χ4n) is 2.86. The highest BCUT2D eigenvalue weighted by molar-refractivity contribution is 7.89. The van der Waals surface area contributed by atoms with Crippen molar-refractivity contribution >= 4 is 10.0 Å². The van der Waals surface area contributed by atoms with Crippen molar-refractivity contribution in [2.24, 2.45) is 0 Å². The van der Waals surface area contributed by atoms with Crippen molar-refractivity contribution in [3.05, 3.63) is 71.9 Å². The first kappa shape index (κ1) is 20.3. The number of hydrogen-bond donors (Lipinski definition) is 2. The van der Waals surface area contributed by atoms with Crippen LogP contribution in [0.5, 0.6) is 0 Å². The van der Waals surface area contributed by atoms with Crippen LogP contribution in [0.25, 0.3) is 11.3 Å². The van der Waals surface area contributed by atoms with Crippen LogP contribution in [0.1, 0.15) is 25.0 Å². The van der Waals surface area contributed by atoms with Crippen LogP contribution in [0.2, 0.25) is 0 Å². The highest BCUT2D eigenvalue weighted by Gasteiger charge is 2.22. The van der Waals surface area contributed by atoms with E-state index in [2.05, 4.69) is 15.5 Å². The van der Waals surface area contributed by atoms with Crippen molar-refractivity contribution in [2.45, 2.75) is 37.9 Å². The molecule has 0 aliphatic heterocycles. The van der Waals surface area contributed by atoms with Gasteiger partial charge in [-0.25, -0.2) is 8.42 Å². The summed E-state index contributed by atoms with van der Waals surface area (Å²) >= 11 is 0. The zero-order valence-electron chi connectivity index (χ0n) is 16.4. The van der Waals surface area contributed by atoms with Gasteiger partial charge in [-0.05, 0) is 37.1 Å². The third-order valence-electron chi connectivity index (χ3n) is 4.75. The molecule has 0 fully saturated rings. The summed E-state index contributed by atoms with van der Waals surface area (Å²) in [4.78, 5) is 0.314. The van der Waals surface area contributed by atoms with Crippen molar-refractivity contribution in [3.63, 3.8) is 0 Å². The lowest BCUT2D eigenvalue weighted by molar-refractivity contribution is 0.410. The molecule has 0 aliphatic carbocycles. The molecule has 2 N–H and O–H groups in total. The van der Waals surface area contributed by atoms with Gasteiger partial charge in [-0.1, -0.05) is 42.5 Å². The Labute approximate surface area is 166 Å². The Morgan fingerprint density at radius 3 is 2.36 bits per heavy atom. The molecule has 28 heavy (non-hydrogen) atoms. The second kappa shape index (κ2) is 8.68. The average Bonchev–Trinajstić information content (AvgIpc) is 3.17. The second-order valence-corrected chi connectivity index (χ2v) is 9.00. The molecule has 3 aromatic rings. The number of rotatable bonds is 8. The molecule has 148 valence electrons. The summed E-state index contributed by atoms with van der Waals surface area (Å²) in [5.41, 5.74) is 4.21. The van der Waals surface area contributed by atoms with E-state index in [1.165, 1.54) is 4.31 Å².